The second kappa shape index (κ2) is 9.49. The van der Waals surface area contributed by atoms with E-state index in [0.717, 1.165) is 47.5 Å². The number of aromatic amines is 1. The standard InChI is InChI=1S/C28H29FN4O/c1-2-28(34)12-14-33(15-13-28)27(22-18-31-32-19-22)21-16-24(23-10-6-7-11-25(23)29)26(30-17-21)20-8-4-3-5-9-20/h3-11,16-19,27,34H,2,12-15H2,1H3,(H,31,32). The van der Waals surface area contributed by atoms with Crippen LogP contribution in [0, 0.1) is 5.82 Å². The number of nitrogens with zero attached hydrogens (tertiary/aromatic N) is 3. The number of aromatic nitrogens is 3. The first-order valence-corrected chi connectivity index (χ1v) is 11.8. The number of halogens is 1. The zero-order chi connectivity index (χ0) is 23.5. The maximum Gasteiger partial charge on any atom is 0.131 e. The Morgan fingerprint density at radius 3 is 2.41 bits per heavy atom. The zero-order valence-electron chi connectivity index (χ0n) is 19.3. The summed E-state index contributed by atoms with van der Waals surface area (Å²) in [5.41, 5.74) is 4.37. The van der Waals surface area contributed by atoms with Crippen LogP contribution in [0.5, 0.6) is 0 Å². The molecule has 0 saturated carbocycles. The van der Waals surface area contributed by atoms with Crippen LogP contribution in [0.2, 0.25) is 0 Å². The van der Waals surface area contributed by atoms with E-state index in [1.807, 2.05) is 61.9 Å². The second-order valence-electron chi connectivity index (χ2n) is 9.06. The summed E-state index contributed by atoms with van der Waals surface area (Å²) in [5.74, 6) is -0.274. The number of piperidine rings is 1. The molecule has 0 bridgehead atoms. The van der Waals surface area contributed by atoms with Gasteiger partial charge in [0.25, 0.3) is 0 Å². The van der Waals surface area contributed by atoms with Gasteiger partial charge in [0.1, 0.15) is 5.82 Å². The van der Waals surface area contributed by atoms with E-state index in [4.69, 9.17) is 4.98 Å². The van der Waals surface area contributed by atoms with Crippen LogP contribution in [-0.2, 0) is 0 Å². The van der Waals surface area contributed by atoms with E-state index >= 15 is 0 Å². The maximum absolute atomic E-state index is 15.0. The van der Waals surface area contributed by atoms with Gasteiger partial charge in [-0.25, -0.2) is 4.39 Å². The van der Waals surface area contributed by atoms with Crippen LogP contribution in [-0.4, -0.2) is 43.9 Å². The summed E-state index contributed by atoms with van der Waals surface area (Å²) in [6, 6.07) is 18.7. The molecule has 3 heterocycles. The lowest BCUT2D eigenvalue weighted by Gasteiger charge is -2.41. The van der Waals surface area contributed by atoms with Gasteiger partial charge in [0.2, 0.25) is 0 Å². The molecule has 5 nitrogen and oxygen atoms in total. The van der Waals surface area contributed by atoms with Crippen LogP contribution in [0.3, 0.4) is 0 Å². The van der Waals surface area contributed by atoms with Gasteiger partial charge in [0.15, 0.2) is 0 Å². The topological polar surface area (TPSA) is 65.0 Å². The molecule has 0 amide bonds. The van der Waals surface area contributed by atoms with Crippen LogP contribution in [0.1, 0.15) is 43.4 Å². The Morgan fingerprint density at radius 2 is 1.74 bits per heavy atom. The predicted octanol–water partition coefficient (Wildman–Crippen LogP) is 5.60. The highest BCUT2D eigenvalue weighted by Crippen LogP contribution is 2.38. The van der Waals surface area contributed by atoms with Gasteiger partial charge in [-0.05, 0) is 37.0 Å². The van der Waals surface area contributed by atoms with Crippen LogP contribution >= 0.6 is 0 Å². The molecule has 1 unspecified atom stereocenters. The van der Waals surface area contributed by atoms with Gasteiger partial charge < -0.3 is 5.11 Å². The van der Waals surface area contributed by atoms with Gasteiger partial charge in [-0.3, -0.25) is 15.0 Å². The number of likely N-dealkylation sites (tertiary alicyclic amines) is 1. The summed E-state index contributed by atoms with van der Waals surface area (Å²) >= 11 is 0. The fourth-order valence-corrected chi connectivity index (χ4v) is 4.92. The molecule has 1 atom stereocenters. The maximum atomic E-state index is 15.0. The molecule has 0 spiro atoms. The van der Waals surface area contributed by atoms with Crippen molar-refractivity contribution >= 4 is 0 Å². The van der Waals surface area contributed by atoms with Crippen molar-refractivity contribution in [2.75, 3.05) is 13.1 Å². The number of benzene rings is 2. The van der Waals surface area contributed by atoms with E-state index in [-0.39, 0.29) is 11.9 Å². The molecule has 2 aromatic carbocycles. The normalized spacial score (nSPS) is 16.9. The number of hydrogen-bond donors (Lipinski definition) is 2. The summed E-state index contributed by atoms with van der Waals surface area (Å²) in [6.45, 7) is 3.56. The van der Waals surface area contributed by atoms with Crippen LogP contribution in [0.25, 0.3) is 22.4 Å². The zero-order valence-corrected chi connectivity index (χ0v) is 19.3. The average molecular weight is 457 g/mol. The molecule has 0 aliphatic carbocycles. The van der Waals surface area contributed by atoms with Crippen molar-refractivity contribution in [3.8, 4) is 22.4 Å². The van der Waals surface area contributed by atoms with Crippen molar-refractivity contribution in [1.82, 2.24) is 20.1 Å². The lowest BCUT2D eigenvalue weighted by molar-refractivity contribution is -0.0303. The molecular weight excluding hydrogens is 427 g/mol. The summed E-state index contributed by atoms with van der Waals surface area (Å²) in [7, 11) is 0. The Kier molecular flexibility index (Phi) is 6.26. The fourth-order valence-electron chi connectivity index (χ4n) is 4.92. The smallest absolute Gasteiger partial charge is 0.131 e. The predicted molar refractivity (Wildman–Crippen MR) is 132 cm³/mol. The lowest BCUT2D eigenvalue weighted by atomic mass is 9.86. The van der Waals surface area contributed by atoms with Gasteiger partial charge in [-0.15, -0.1) is 0 Å². The van der Waals surface area contributed by atoms with Crippen molar-refractivity contribution in [3.05, 3.63) is 96.2 Å². The van der Waals surface area contributed by atoms with E-state index in [2.05, 4.69) is 21.2 Å². The van der Waals surface area contributed by atoms with Gasteiger partial charge in [0, 0.05) is 47.7 Å². The fraction of sp³-hybridized carbons (Fsp3) is 0.286. The Hall–Kier alpha value is -3.35. The van der Waals surface area contributed by atoms with Crippen molar-refractivity contribution in [3.63, 3.8) is 0 Å². The van der Waals surface area contributed by atoms with Crippen molar-refractivity contribution in [1.29, 1.82) is 0 Å². The molecule has 1 aliphatic rings. The third kappa shape index (κ3) is 4.39. The third-order valence-electron chi connectivity index (χ3n) is 7.02. The number of hydrogen-bond acceptors (Lipinski definition) is 4. The summed E-state index contributed by atoms with van der Waals surface area (Å²) in [5, 5.41) is 17.9. The minimum atomic E-state index is -0.606. The summed E-state index contributed by atoms with van der Waals surface area (Å²) in [6.07, 6.45) is 7.81. The number of aliphatic hydroxyl groups is 1. The van der Waals surface area contributed by atoms with Gasteiger partial charge in [-0.2, -0.15) is 5.10 Å². The van der Waals surface area contributed by atoms with Crippen molar-refractivity contribution in [2.24, 2.45) is 0 Å². The molecule has 174 valence electrons. The summed E-state index contributed by atoms with van der Waals surface area (Å²) < 4.78 is 15.0. The highest BCUT2D eigenvalue weighted by atomic mass is 19.1. The van der Waals surface area contributed by atoms with Gasteiger partial charge in [-0.1, -0.05) is 55.5 Å². The Morgan fingerprint density at radius 1 is 1.00 bits per heavy atom. The van der Waals surface area contributed by atoms with E-state index in [9.17, 15) is 9.50 Å². The Labute approximate surface area is 199 Å². The van der Waals surface area contributed by atoms with Crippen LogP contribution in [0.4, 0.5) is 4.39 Å². The first-order valence-electron chi connectivity index (χ1n) is 11.8. The lowest BCUT2D eigenvalue weighted by Crippen LogP contribution is -2.45. The van der Waals surface area contributed by atoms with E-state index < -0.39 is 5.60 Å². The Balaban J connectivity index is 1.62. The van der Waals surface area contributed by atoms with E-state index in [1.54, 1.807) is 12.1 Å². The molecule has 34 heavy (non-hydrogen) atoms. The van der Waals surface area contributed by atoms with E-state index in [0.29, 0.717) is 18.4 Å². The molecular formula is C28H29FN4O. The molecule has 1 aliphatic heterocycles. The van der Waals surface area contributed by atoms with Crippen molar-refractivity contribution < 1.29 is 9.50 Å². The largest absolute Gasteiger partial charge is 0.390 e. The van der Waals surface area contributed by atoms with Crippen LogP contribution < -0.4 is 0 Å². The second-order valence-corrected chi connectivity index (χ2v) is 9.06. The monoisotopic (exact) mass is 456 g/mol. The first-order chi connectivity index (χ1) is 16.6. The highest BCUT2D eigenvalue weighted by Gasteiger charge is 2.35. The minimum absolute atomic E-state index is 0.0944. The number of pyridine rings is 1. The molecule has 6 heteroatoms. The number of rotatable bonds is 6. The quantitative estimate of drug-likeness (QED) is 0.396. The molecule has 1 fully saturated rings. The van der Waals surface area contributed by atoms with Gasteiger partial charge in [0.05, 0.1) is 23.5 Å². The molecule has 5 rings (SSSR count). The number of nitrogens with one attached hydrogen (secondary N) is 1. The molecule has 4 aromatic rings. The molecule has 2 N–H and O–H groups in total. The summed E-state index contributed by atoms with van der Waals surface area (Å²) in [4.78, 5) is 7.22. The third-order valence-corrected chi connectivity index (χ3v) is 7.02. The van der Waals surface area contributed by atoms with Crippen molar-refractivity contribution in [2.45, 2.75) is 37.8 Å². The highest BCUT2D eigenvalue weighted by molar-refractivity contribution is 5.81. The van der Waals surface area contributed by atoms with Crippen LogP contribution in [0.15, 0.2) is 79.3 Å². The SMILES string of the molecule is CCC1(O)CCN(C(c2cn[nH]c2)c2cnc(-c3ccccc3)c(-c3ccccc3F)c2)CC1. The Bertz CT molecular complexity index is 1230. The molecule has 0 radical (unpaired) electrons. The van der Waals surface area contributed by atoms with Gasteiger partial charge >= 0.3 is 0 Å². The first kappa shape index (κ1) is 22.4. The number of H-pyrrole nitrogens is 1. The van der Waals surface area contributed by atoms with E-state index in [1.165, 1.54) is 6.07 Å². The molecule has 2 aromatic heterocycles. The average Bonchev–Trinajstić information content (AvgIpc) is 3.41. The molecule has 1 saturated heterocycles. The minimum Gasteiger partial charge on any atom is -0.390 e.